The van der Waals surface area contributed by atoms with Crippen LogP contribution in [0.5, 0.6) is 0 Å². The van der Waals surface area contributed by atoms with Crippen LogP contribution in [0.1, 0.15) is 63.9 Å². The Labute approximate surface area is 141 Å². The second-order valence-corrected chi connectivity index (χ2v) is 7.68. The molecule has 0 aliphatic heterocycles. The molecule has 0 unspecified atom stereocenters. The molecule has 1 aliphatic rings. The molecule has 0 amide bonds. The van der Waals surface area contributed by atoms with Crippen molar-refractivity contribution in [3.8, 4) is 0 Å². The average Bonchev–Trinajstić information content (AvgIpc) is 2.51. The van der Waals surface area contributed by atoms with E-state index in [1.165, 1.54) is 32.1 Å². The Morgan fingerprint density at radius 2 is 1.95 bits per heavy atom. The Hall–Kier alpha value is -0.290. The third-order valence-corrected chi connectivity index (χ3v) is 6.00. The maximum Gasteiger partial charge on any atom is 0.144 e. The van der Waals surface area contributed by atoms with E-state index in [-0.39, 0.29) is 0 Å². The standard InChI is InChI=1S/C16H26BrN3S/c1-3-8-13-15(17)16(18-4-2)20-14(19-13)11-21-12-9-6-5-7-10-12/h12H,3-11H2,1-2H3,(H,18,19,20). The highest BCUT2D eigenvalue weighted by molar-refractivity contribution is 9.10. The minimum atomic E-state index is 0.809. The number of hydrogen-bond donors (Lipinski definition) is 1. The molecule has 1 aromatic rings. The third kappa shape index (κ3) is 5.13. The van der Waals surface area contributed by atoms with Gasteiger partial charge in [0.25, 0.3) is 0 Å². The molecule has 0 atom stereocenters. The normalized spacial score (nSPS) is 16.1. The number of halogens is 1. The third-order valence-electron chi connectivity index (χ3n) is 3.80. The van der Waals surface area contributed by atoms with Crippen LogP contribution in [0.3, 0.4) is 0 Å². The average molecular weight is 372 g/mol. The molecule has 0 spiro atoms. The fourth-order valence-electron chi connectivity index (χ4n) is 2.72. The lowest BCUT2D eigenvalue weighted by molar-refractivity contribution is 0.516. The van der Waals surface area contributed by atoms with Gasteiger partial charge in [-0.2, -0.15) is 11.8 Å². The van der Waals surface area contributed by atoms with Crippen molar-refractivity contribution < 1.29 is 0 Å². The maximum absolute atomic E-state index is 4.77. The van der Waals surface area contributed by atoms with Crippen molar-refractivity contribution in [1.82, 2.24) is 9.97 Å². The number of aromatic nitrogens is 2. The van der Waals surface area contributed by atoms with E-state index < -0.39 is 0 Å². The topological polar surface area (TPSA) is 37.8 Å². The Morgan fingerprint density at radius 3 is 2.62 bits per heavy atom. The quantitative estimate of drug-likeness (QED) is 0.715. The van der Waals surface area contributed by atoms with Gasteiger partial charge in [-0.05, 0) is 42.1 Å². The van der Waals surface area contributed by atoms with Gasteiger partial charge < -0.3 is 5.32 Å². The van der Waals surface area contributed by atoms with E-state index in [1.807, 2.05) is 11.8 Å². The van der Waals surface area contributed by atoms with E-state index in [2.05, 4.69) is 35.1 Å². The molecule has 0 aromatic carbocycles. The van der Waals surface area contributed by atoms with Gasteiger partial charge >= 0.3 is 0 Å². The molecule has 118 valence electrons. The fraction of sp³-hybridized carbons (Fsp3) is 0.750. The SMILES string of the molecule is CCCc1nc(CSC2CCCCC2)nc(NCC)c1Br. The van der Waals surface area contributed by atoms with Gasteiger partial charge in [0, 0.05) is 11.8 Å². The number of aryl methyl sites for hydroxylation is 1. The maximum atomic E-state index is 4.77. The van der Waals surface area contributed by atoms with Crippen LogP contribution in [-0.4, -0.2) is 21.8 Å². The number of nitrogens with one attached hydrogen (secondary N) is 1. The van der Waals surface area contributed by atoms with Crippen LogP contribution in [0.15, 0.2) is 4.47 Å². The highest BCUT2D eigenvalue weighted by Crippen LogP contribution is 2.31. The molecular weight excluding hydrogens is 346 g/mol. The minimum Gasteiger partial charge on any atom is -0.369 e. The second kappa shape index (κ2) is 8.99. The number of thioether (sulfide) groups is 1. The van der Waals surface area contributed by atoms with E-state index in [0.29, 0.717) is 0 Å². The van der Waals surface area contributed by atoms with Gasteiger partial charge in [-0.15, -0.1) is 0 Å². The van der Waals surface area contributed by atoms with Gasteiger partial charge in [0.05, 0.1) is 15.9 Å². The Kier molecular flexibility index (Phi) is 7.30. The Balaban J connectivity index is 2.06. The predicted octanol–water partition coefficient (Wildman–Crippen LogP) is 5.19. The summed E-state index contributed by atoms with van der Waals surface area (Å²) in [6, 6.07) is 0. The lowest BCUT2D eigenvalue weighted by Gasteiger charge is -2.21. The highest BCUT2D eigenvalue weighted by Gasteiger charge is 2.16. The van der Waals surface area contributed by atoms with Crippen molar-refractivity contribution in [3.63, 3.8) is 0 Å². The van der Waals surface area contributed by atoms with Crippen molar-refractivity contribution in [2.24, 2.45) is 0 Å². The first-order valence-corrected chi connectivity index (χ1v) is 9.99. The van der Waals surface area contributed by atoms with Crippen molar-refractivity contribution in [2.75, 3.05) is 11.9 Å². The van der Waals surface area contributed by atoms with Gasteiger partial charge in [-0.1, -0.05) is 32.6 Å². The van der Waals surface area contributed by atoms with Gasteiger partial charge in [-0.25, -0.2) is 9.97 Å². The minimum absolute atomic E-state index is 0.809. The molecule has 1 saturated carbocycles. The van der Waals surface area contributed by atoms with Crippen molar-refractivity contribution >= 4 is 33.5 Å². The highest BCUT2D eigenvalue weighted by atomic mass is 79.9. The van der Waals surface area contributed by atoms with Crippen LogP contribution in [0.4, 0.5) is 5.82 Å². The summed E-state index contributed by atoms with van der Waals surface area (Å²) in [6.45, 7) is 5.18. The van der Waals surface area contributed by atoms with Gasteiger partial charge in [0.2, 0.25) is 0 Å². The van der Waals surface area contributed by atoms with Crippen LogP contribution in [-0.2, 0) is 12.2 Å². The van der Waals surface area contributed by atoms with Crippen LogP contribution < -0.4 is 5.32 Å². The molecule has 3 nitrogen and oxygen atoms in total. The number of rotatable bonds is 7. The largest absolute Gasteiger partial charge is 0.369 e. The van der Waals surface area contributed by atoms with E-state index >= 15 is 0 Å². The van der Waals surface area contributed by atoms with E-state index in [9.17, 15) is 0 Å². The molecule has 5 heteroatoms. The van der Waals surface area contributed by atoms with Crippen molar-refractivity contribution in [2.45, 2.75) is 69.8 Å². The summed E-state index contributed by atoms with van der Waals surface area (Å²) in [6.07, 6.45) is 9.04. The summed E-state index contributed by atoms with van der Waals surface area (Å²) in [7, 11) is 0. The molecule has 0 saturated heterocycles. The molecule has 2 rings (SSSR count). The zero-order chi connectivity index (χ0) is 15.1. The molecule has 21 heavy (non-hydrogen) atoms. The fourth-order valence-corrected chi connectivity index (χ4v) is 4.42. The molecule has 1 fully saturated rings. The first-order valence-electron chi connectivity index (χ1n) is 8.15. The molecular formula is C16H26BrN3S. The number of hydrogen-bond acceptors (Lipinski definition) is 4. The van der Waals surface area contributed by atoms with Crippen LogP contribution in [0.2, 0.25) is 0 Å². The summed E-state index contributed by atoms with van der Waals surface area (Å²) < 4.78 is 1.04. The summed E-state index contributed by atoms with van der Waals surface area (Å²) >= 11 is 5.69. The van der Waals surface area contributed by atoms with E-state index in [4.69, 9.17) is 9.97 Å². The van der Waals surface area contributed by atoms with Gasteiger partial charge in [-0.3, -0.25) is 0 Å². The second-order valence-electron chi connectivity index (χ2n) is 5.60. The van der Waals surface area contributed by atoms with Gasteiger partial charge in [0.1, 0.15) is 11.6 Å². The van der Waals surface area contributed by atoms with Crippen molar-refractivity contribution in [1.29, 1.82) is 0 Å². The number of nitrogens with zero attached hydrogens (tertiary/aromatic N) is 2. The summed E-state index contributed by atoms with van der Waals surface area (Å²) in [4.78, 5) is 9.47. The Morgan fingerprint density at radius 1 is 1.19 bits per heavy atom. The Bertz CT molecular complexity index is 420. The lowest BCUT2D eigenvalue weighted by atomic mass is 10.0. The van der Waals surface area contributed by atoms with Crippen LogP contribution >= 0.6 is 27.7 Å². The molecule has 1 aromatic heterocycles. The monoisotopic (exact) mass is 371 g/mol. The summed E-state index contributed by atoms with van der Waals surface area (Å²) in [5.74, 6) is 2.87. The zero-order valence-corrected chi connectivity index (χ0v) is 15.5. The van der Waals surface area contributed by atoms with E-state index in [0.717, 1.165) is 52.2 Å². The van der Waals surface area contributed by atoms with Gasteiger partial charge in [0.15, 0.2) is 0 Å². The lowest BCUT2D eigenvalue weighted by Crippen LogP contribution is -2.11. The van der Waals surface area contributed by atoms with Crippen LogP contribution in [0, 0.1) is 0 Å². The first-order chi connectivity index (χ1) is 10.2. The van der Waals surface area contributed by atoms with E-state index in [1.54, 1.807) is 0 Å². The molecule has 1 aliphatic carbocycles. The molecule has 1 N–H and O–H groups in total. The number of anilines is 1. The smallest absolute Gasteiger partial charge is 0.144 e. The molecule has 0 bridgehead atoms. The first kappa shape index (κ1) is 17.1. The summed E-state index contributed by atoms with van der Waals surface area (Å²) in [5, 5.41) is 4.15. The zero-order valence-electron chi connectivity index (χ0n) is 13.1. The molecule has 0 radical (unpaired) electrons. The van der Waals surface area contributed by atoms with Crippen molar-refractivity contribution in [3.05, 3.63) is 16.0 Å². The predicted molar refractivity (Wildman–Crippen MR) is 96.1 cm³/mol. The van der Waals surface area contributed by atoms with Crippen LogP contribution in [0.25, 0.3) is 0 Å². The molecule has 1 heterocycles. The summed E-state index contributed by atoms with van der Waals surface area (Å²) in [5.41, 5.74) is 1.14.